The third-order valence-corrected chi connectivity index (χ3v) is 1.71. The van der Waals surface area contributed by atoms with Crippen LogP contribution in [0.4, 0.5) is 0 Å². The van der Waals surface area contributed by atoms with Crippen molar-refractivity contribution in [2.24, 2.45) is 0 Å². The van der Waals surface area contributed by atoms with Crippen LogP contribution < -0.4 is 0 Å². The van der Waals surface area contributed by atoms with Crippen molar-refractivity contribution < 1.29 is 9.90 Å². The van der Waals surface area contributed by atoms with Gasteiger partial charge in [0.1, 0.15) is 0 Å². The molecule has 0 aliphatic carbocycles. The summed E-state index contributed by atoms with van der Waals surface area (Å²) in [7, 11) is 0. The zero-order chi connectivity index (χ0) is 8.43. The van der Waals surface area contributed by atoms with Crippen LogP contribution in [0, 0.1) is 0 Å². The predicted molar refractivity (Wildman–Crippen MR) is 39.0 cm³/mol. The van der Waals surface area contributed by atoms with Crippen LogP contribution in [0.25, 0.3) is 0 Å². The fraction of sp³-hybridized carbons (Fsp3) is 0. The highest BCUT2D eigenvalue weighted by atomic mass is 35.5. The molecule has 0 amide bonds. The van der Waals surface area contributed by atoms with Crippen molar-refractivity contribution in [2.75, 3.05) is 0 Å². The molecule has 0 spiro atoms. The Morgan fingerprint density at radius 1 is 1.55 bits per heavy atom. The number of carboxylic acids is 1. The summed E-state index contributed by atoms with van der Waals surface area (Å²) in [4.78, 5) is 10.3. The SMILES string of the molecule is O=C(O)c1nncc(Cl)c1Cl. The maximum Gasteiger partial charge on any atom is 0.358 e. The predicted octanol–water partition coefficient (Wildman–Crippen LogP) is 1.48. The van der Waals surface area contributed by atoms with Crippen LogP contribution in [-0.2, 0) is 0 Å². The van der Waals surface area contributed by atoms with E-state index < -0.39 is 5.97 Å². The number of halogens is 2. The van der Waals surface area contributed by atoms with E-state index in [1.807, 2.05) is 0 Å². The van der Waals surface area contributed by atoms with Crippen LogP contribution in [0.15, 0.2) is 6.20 Å². The van der Waals surface area contributed by atoms with Gasteiger partial charge in [0.2, 0.25) is 0 Å². The number of hydrogen-bond donors (Lipinski definition) is 1. The van der Waals surface area contributed by atoms with Crippen molar-refractivity contribution in [3.8, 4) is 0 Å². The van der Waals surface area contributed by atoms with E-state index in [0.29, 0.717) is 0 Å². The van der Waals surface area contributed by atoms with Crippen molar-refractivity contribution in [3.63, 3.8) is 0 Å². The van der Waals surface area contributed by atoms with Crippen molar-refractivity contribution in [2.45, 2.75) is 0 Å². The van der Waals surface area contributed by atoms with E-state index in [1.54, 1.807) is 0 Å². The fourth-order valence-corrected chi connectivity index (χ4v) is 0.788. The minimum absolute atomic E-state index is 0.0825. The molecule has 0 atom stereocenters. The maximum atomic E-state index is 10.3. The zero-order valence-corrected chi connectivity index (χ0v) is 6.60. The van der Waals surface area contributed by atoms with Gasteiger partial charge < -0.3 is 5.11 Å². The molecule has 0 aromatic carbocycles. The lowest BCUT2D eigenvalue weighted by Crippen LogP contribution is -2.02. The maximum absolute atomic E-state index is 10.3. The van der Waals surface area contributed by atoms with Gasteiger partial charge in [0.25, 0.3) is 0 Å². The molecule has 0 saturated heterocycles. The minimum Gasteiger partial charge on any atom is -0.476 e. The molecule has 0 bridgehead atoms. The van der Waals surface area contributed by atoms with Crippen molar-refractivity contribution in [1.82, 2.24) is 10.2 Å². The van der Waals surface area contributed by atoms with Crippen LogP contribution in [0.3, 0.4) is 0 Å². The average Bonchev–Trinajstić information content (AvgIpc) is 1.94. The van der Waals surface area contributed by atoms with Crippen LogP contribution in [0.1, 0.15) is 10.5 Å². The molecule has 1 N–H and O–H groups in total. The Kier molecular flexibility index (Phi) is 2.26. The lowest BCUT2D eigenvalue weighted by atomic mass is 10.4. The highest BCUT2D eigenvalue weighted by molar-refractivity contribution is 6.43. The number of rotatable bonds is 1. The van der Waals surface area contributed by atoms with Gasteiger partial charge in [0, 0.05) is 0 Å². The van der Waals surface area contributed by atoms with E-state index >= 15 is 0 Å². The molecule has 0 unspecified atom stereocenters. The quantitative estimate of drug-likeness (QED) is 0.733. The van der Waals surface area contributed by atoms with Gasteiger partial charge in [-0.05, 0) is 0 Å². The summed E-state index contributed by atoms with van der Waals surface area (Å²) in [5.41, 5.74) is -0.334. The van der Waals surface area contributed by atoms with E-state index in [0.717, 1.165) is 0 Å². The van der Waals surface area contributed by atoms with E-state index in [2.05, 4.69) is 10.2 Å². The molecule has 0 fully saturated rings. The second kappa shape index (κ2) is 3.02. The standard InChI is InChI=1S/C5H2Cl2N2O2/c6-2-1-8-9-4(3(2)7)5(10)11/h1H,(H,10,11). The first-order valence-corrected chi connectivity index (χ1v) is 3.28. The molecule has 0 aliphatic heterocycles. The molecule has 58 valence electrons. The molecule has 1 aromatic rings. The Labute approximate surface area is 71.8 Å². The van der Waals surface area contributed by atoms with E-state index in [1.165, 1.54) is 6.20 Å². The lowest BCUT2D eigenvalue weighted by molar-refractivity contribution is 0.0689. The third-order valence-electron chi connectivity index (χ3n) is 0.949. The Balaban J connectivity index is 3.27. The van der Waals surface area contributed by atoms with Crippen molar-refractivity contribution in [1.29, 1.82) is 0 Å². The van der Waals surface area contributed by atoms with Crippen LogP contribution >= 0.6 is 23.2 Å². The lowest BCUT2D eigenvalue weighted by Gasteiger charge is -1.95. The molecular formula is C5H2Cl2N2O2. The van der Waals surface area contributed by atoms with Crippen LogP contribution in [0.5, 0.6) is 0 Å². The largest absolute Gasteiger partial charge is 0.476 e. The van der Waals surface area contributed by atoms with Gasteiger partial charge in [-0.1, -0.05) is 23.2 Å². The van der Waals surface area contributed by atoms with Gasteiger partial charge in [-0.2, -0.15) is 5.10 Å². The van der Waals surface area contributed by atoms with Gasteiger partial charge in [-0.3, -0.25) is 0 Å². The zero-order valence-electron chi connectivity index (χ0n) is 5.08. The average molecular weight is 193 g/mol. The Bertz CT molecular complexity index is 303. The number of carboxylic acid groups (broad SMARTS) is 1. The normalized spacial score (nSPS) is 9.64. The van der Waals surface area contributed by atoms with E-state index in [9.17, 15) is 4.79 Å². The molecule has 11 heavy (non-hydrogen) atoms. The highest BCUT2D eigenvalue weighted by Crippen LogP contribution is 2.22. The Hall–Kier alpha value is -0.870. The van der Waals surface area contributed by atoms with Crippen LogP contribution in [-0.4, -0.2) is 21.3 Å². The summed E-state index contributed by atoms with van der Waals surface area (Å²) in [5.74, 6) is -1.25. The number of aromatic carboxylic acids is 1. The third kappa shape index (κ3) is 1.58. The van der Waals surface area contributed by atoms with Gasteiger partial charge in [-0.25, -0.2) is 4.79 Å². The summed E-state index contributed by atoms with van der Waals surface area (Å²) in [6.07, 6.45) is 1.18. The molecular weight excluding hydrogens is 191 g/mol. The Morgan fingerprint density at radius 3 is 2.64 bits per heavy atom. The molecule has 1 aromatic heterocycles. The molecule has 1 heterocycles. The number of hydrogen-bond acceptors (Lipinski definition) is 3. The summed E-state index contributed by atoms with van der Waals surface area (Å²) < 4.78 is 0. The molecule has 4 nitrogen and oxygen atoms in total. The first-order valence-electron chi connectivity index (χ1n) is 2.53. The second-order valence-corrected chi connectivity index (χ2v) is 2.45. The number of nitrogens with zero attached hydrogens (tertiary/aromatic N) is 2. The fourth-order valence-electron chi connectivity index (χ4n) is 0.488. The summed E-state index contributed by atoms with van der Waals surface area (Å²) in [6.45, 7) is 0. The Morgan fingerprint density at radius 2 is 2.18 bits per heavy atom. The highest BCUT2D eigenvalue weighted by Gasteiger charge is 2.13. The summed E-state index contributed by atoms with van der Waals surface area (Å²) in [6, 6.07) is 0. The number of aromatic nitrogens is 2. The summed E-state index contributed by atoms with van der Waals surface area (Å²) >= 11 is 10.9. The van der Waals surface area contributed by atoms with E-state index in [-0.39, 0.29) is 15.7 Å². The van der Waals surface area contributed by atoms with Crippen molar-refractivity contribution >= 4 is 29.2 Å². The molecule has 6 heteroatoms. The monoisotopic (exact) mass is 192 g/mol. The molecule has 0 aliphatic rings. The molecule has 1 rings (SSSR count). The van der Waals surface area contributed by atoms with E-state index in [4.69, 9.17) is 28.3 Å². The van der Waals surface area contributed by atoms with Gasteiger partial charge >= 0.3 is 5.97 Å². The molecule has 0 saturated carbocycles. The van der Waals surface area contributed by atoms with Gasteiger partial charge in [0.05, 0.1) is 16.2 Å². The van der Waals surface area contributed by atoms with Gasteiger partial charge in [0.15, 0.2) is 5.69 Å². The number of carbonyl (C=O) groups is 1. The smallest absolute Gasteiger partial charge is 0.358 e. The van der Waals surface area contributed by atoms with Gasteiger partial charge in [-0.15, -0.1) is 5.10 Å². The molecule has 0 radical (unpaired) electrons. The topological polar surface area (TPSA) is 63.1 Å². The van der Waals surface area contributed by atoms with Crippen LogP contribution in [0.2, 0.25) is 10.0 Å². The first kappa shape index (κ1) is 8.23. The van der Waals surface area contributed by atoms with Crippen molar-refractivity contribution in [3.05, 3.63) is 21.9 Å². The summed E-state index contributed by atoms with van der Waals surface area (Å²) in [5, 5.41) is 15.0. The second-order valence-electron chi connectivity index (χ2n) is 1.66. The minimum atomic E-state index is -1.25. The first-order chi connectivity index (χ1) is 5.13.